The van der Waals surface area contributed by atoms with Gasteiger partial charge < -0.3 is 5.32 Å². The number of amides is 1. The second-order valence-corrected chi connectivity index (χ2v) is 6.39. The maximum absolute atomic E-state index is 12.9. The van der Waals surface area contributed by atoms with Crippen LogP contribution in [-0.4, -0.2) is 20.9 Å². The van der Waals surface area contributed by atoms with Gasteiger partial charge >= 0.3 is 12.4 Å². The number of halogens is 6. The van der Waals surface area contributed by atoms with Crippen molar-refractivity contribution in [3.05, 3.63) is 63.6 Å². The van der Waals surface area contributed by atoms with Gasteiger partial charge in [-0.2, -0.15) is 37.7 Å². The third-order valence-corrected chi connectivity index (χ3v) is 4.26. The smallest absolute Gasteiger partial charge is 0.346 e. The summed E-state index contributed by atoms with van der Waals surface area (Å²) < 4.78 is 78.6. The summed E-state index contributed by atoms with van der Waals surface area (Å²) in [5.74, 6) is -1.10. The molecule has 2 aromatic heterocycles. The van der Waals surface area contributed by atoms with Gasteiger partial charge in [0.1, 0.15) is 5.69 Å². The first-order chi connectivity index (χ1) is 13.0. The Hall–Kier alpha value is -2.89. The zero-order chi connectivity index (χ0) is 20.5. The predicted molar refractivity (Wildman–Crippen MR) is 86.9 cm³/mol. The van der Waals surface area contributed by atoms with Crippen molar-refractivity contribution in [3.8, 4) is 5.69 Å². The molecule has 3 rings (SSSR count). The number of aromatic nitrogens is 3. The van der Waals surface area contributed by atoms with Crippen LogP contribution < -0.4 is 5.32 Å². The molecular weight excluding hydrogens is 410 g/mol. The maximum Gasteiger partial charge on any atom is 0.416 e. The Balaban J connectivity index is 1.78. The highest BCUT2D eigenvalue weighted by Crippen LogP contribution is 2.36. The molecule has 1 aromatic carbocycles. The molecule has 0 saturated heterocycles. The Labute approximate surface area is 157 Å². The van der Waals surface area contributed by atoms with E-state index in [-0.39, 0.29) is 18.3 Å². The third-order valence-electron chi connectivity index (χ3n) is 3.59. The number of rotatable bonds is 4. The second kappa shape index (κ2) is 7.26. The highest BCUT2D eigenvalue weighted by molar-refractivity contribution is 7.08. The van der Waals surface area contributed by atoms with Crippen LogP contribution in [0.15, 0.2) is 41.2 Å². The fraction of sp³-hybridized carbons (Fsp3) is 0.188. The summed E-state index contributed by atoms with van der Waals surface area (Å²) in [6.07, 6.45) is -8.57. The monoisotopic (exact) mass is 420 g/mol. The Morgan fingerprint density at radius 2 is 1.71 bits per heavy atom. The van der Waals surface area contributed by atoms with E-state index in [2.05, 4.69) is 15.6 Å². The summed E-state index contributed by atoms with van der Waals surface area (Å²) in [5.41, 5.74) is -2.87. The fourth-order valence-electron chi connectivity index (χ4n) is 2.25. The zero-order valence-electron chi connectivity index (χ0n) is 13.7. The first-order valence-electron chi connectivity index (χ1n) is 7.55. The molecule has 0 aliphatic rings. The molecule has 28 heavy (non-hydrogen) atoms. The van der Waals surface area contributed by atoms with Gasteiger partial charge in [0, 0.05) is 10.9 Å². The van der Waals surface area contributed by atoms with Gasteiger partial charge in [-0.15, -0.1) is 5.10 Å². The highest BCUT2D eigenvalue weighted by Gasteiger charge is 2.37. The van der Waals surface area contributed by atoms with Crippen molar-refractivity contribution in [2.45, 2.75) is 18.9 Å². The standard InChI is InChI=1S/C16H10F6N4OS/c17-15(18,19)10-3-9(4-11(5-10)16(20,21)22)14(27)23-6-12-7-26(25-24-12)13-1-2-28-8-13/h1-5,7-8H,6H2,(H,23,27). The van der Waals surface area contributed by atoms with Crippen molar-refractivity contribution in [2.24, 2.45) is 0 Å². The molecule has 0 fully saturated rings. The van der Waals surface area contributed by atoms with Crippen molar-refractivity contribution >= 4 is 17.2 Å². The number of thiophene rings is 1. The van der Waals surface area contributed by atoms with Crippen molar-refractivity contribution in [2.75, 3.05) is 0 Å². The quantitative estimate of drug-likeness (QED) is 0.641. The van der Waals surface area contributed by atoms with Gasteiger partial charge in [-0.05, 0) is 29.6 Å². The first-order valence-corrected chi connectivity index (χ1v) is 8.50. The molecule has 0 unspecified atom stereocenters. The van der Waals surface area contributed by atoms with E-state index in [0.29, 0.717) is 12.1 Å². The normalized spacial score (nSPS) is 12.2. The number of hydrogen-bond acceptors (Lipinski definition) is 4. The van der Waals surface area contributed by atoms with Crippen molar-refractivity contribution in [1.29, 1.82) is 0 Å². The van der Waals surface area contributed by atoms with Crippen LogP contribution in [0.4, 0.5) is 26.3 Å². The van der Waals surface area contributed by atoms with E-state index < -0.39 is 35.0 Å². The van der Waals surface area contributed by atoms with Crippen LogP contribution in [0.1, 0.15) is 27.2 Å². The minimum Gasteiger partial charge on any atom is -0.346 e. The minimum atomic E-state index is -5.03. The summed E-state index contributed by atoms with van der Waals surface area (Å²) in [7, 11) is 0. The van der Waals surface area contributed by atoms with E-state index in [1.807, 2.05) is 5.38 Å². The van der Waals surface area contributed by atoms with Crippen LogP contribution in [0.25, 0.3) is 5.69 Å². The summed E-state index contributed by atoms with van der Waals surface area (Å²) in [6, 6.07) is 2.46. The molecule has 0 aliphatic carbocycles. The SMILES string of the molecule is O=C(NCc1cn(-c2ccsc2)nn1)c1cc(C(F)(F)F)cc(C(F)(F)F)c1. The van der Waals surface area contributed by atoms with E-state index in [0.717, 1.165) is 5.69 Å². The first kappa shape index (κ1) is 19.9. The van der Waals surface area contributed by atoms with Gasteiger partial charge in [0.2, 0.25) is 0 Å². The minimum absolute atomic E-state index is 0.0385. The fourth-order valence-corrected chi connectivity index (χ4v) is 2.87. The lowest BCUT2D eigenvalue weighted by molar-refractivity contribution is -0.143. The molecule has 2 heterocycles. The van der Waals surface area contributed by atoms with Gasteiger partial charge in [0.05, 0.1) is 29.6 Å². The van der Waals surface area contributed by atoms with Crippen LogP contribution in [0.3, 0.4) is 0 Å². The Bertz CT molecular complexity index is 946. The second-order valence-electron chi connectivity index (χ2n) is 5.61. The molecule has 0 radical (unpaired) electrons. The lowest BCUT2D eigenvalue weighted by Gasteiger charge is -2.14. The lowest BCUT2D eigenvalue weighted by Crippen LogP contribution is -2.24. The summed E-state index contributed by atoms with van der Waals surface area (Å²) >= 11 is 1.42. The predicted octanol–water partition coefficient (Wildman–Crippen LogP) is 4.30. The van der Waals surface area contributed by atoms with E-state index in [9.17, 15) is 31.1 Å². The molecular formula is C16H10F6N4OS. The van der Waals surface area contributed by atoms with Gasteiger partial charge in [0.25, 0.3) is 5.91 Å². The van der Waals surface area contributed by atoms with E-state index >= 15 is 0 Å². The number of nitrogens with one attached hydrogen (secondary N) is 1. The Morgan fingerprint density at radius 1 is 1.07 bits per heavy atom. The number of nitrogens with zero attached hydrogens (tertiary/aromatic N) is 3. The molecule has 12 heteroatoms. The zero-order valence-corrected chi connectivity index (χ0v) is 14.5. The van der Waals surface area contributed by atoms with Crippen molar-refractivity contribution in [3.63, 3.8) is 0 Å². The number of alkyl halides is 6. The Kier molecular flexibility index (Phi) is 5.15. The summed E-state index contributed by atoms with van der Waals surface area (Å²) in [4.78, 5) is 12.1. The molecule has 3 aromatic rings. The molecule has 0 spiro atoms. The van der Waals surface area contributed by atoms with Gasteiger partial charge in [-0.1, -0.05) is 5.21 Å². The number of benzene rings is 1. The van der Waals surface area contributed by atoms with Crippen LogP contribution in [0, 0.1) is 0 Å². The molecule has 1 N–H and O–H groups in total. The van der Waals surface area contributed by atoms with Crippen LogP contribution >= 0.6 is 11.3 Å². The number of carbonyl (C=O) groups is 1. The average molecular weight is 420 g/mol. The van der Waals surface area contributed by atoms with Crippen molar-refractivity contribution in [1.82, 2.24) is 20.3 Å². The molecule has 0 saturated carbocycles. The van der Waals surface area contributed by atoms with Crippen LogP contribution in [-0.2, 0) is 18.9 Å². The van der Waals surface area contributed by atoms with Gasteiger partial charge in [-0.3, -0.25) is 4.79 Å². The molecule has 1 amide bonds. The third kappa shape index (κ3) is 4.50. The lowest BCUT2D eigenvalue weighted by atomic mass is 10.0. The summed E-state index contributed by atoms with van der Waals surface area (Å²) in [5, 5.41) is 13.5. The average Bonchev–Trinajstić information content (AvgIpc) is 3.29. The molecule has 0 atom stereocenters. The topological polar surface area (TPSA) is 59.8 Å². The molecule has 5 nitrogen and oxygen atoms in total. The van der Waals surface area contributed by atoms with Crippen molar-refractivity contribution < 1.29 is 31.1 Å². The molecule has 0 bridgehead atoms. The largest absolute Gasteiger partial charge is 0.416 e. The maximum atomic E-state index is 12.9. The molecule has 148 valence electrons. The van der Waals surface area contributed by atoms with Crippen LogP contribution in [0.2, 0.25) is 0 Å². The van der Waals surface area contributed by atoms with Crippen LogP contribution in [0.5, 0.6) is 0 Å². The van der Waals surface area contributed by atoms with E-state index in [1.165, 1.54) is 22.2 Å². The summed E-state index contributed by atoms with van der Waals surface area (Å²) in [6.45, 7) is -0.222. The molecule has 0 aliphatic heterocycles. The highest BCUT2D eigenvalue weighted by atomic mass is 32.1. The van der Waals surface area contributed by atoms with Gasteiger partial charge in [0.15, 0.2) is 0 Å². The number of carbonyl (C=O) groups excluding carboxylic acids is 1. The Morgan fingerprint density at radius 3 is 2.25 bits per heavy atom. The van der Waals surface area contributed by atoms with E-state index in [1.54, 1.807) is 11.4 Å². The van der Waals surface area contributed by atoms with E-state index in [4.69, 9.17) is 0 Å². The number of hydrogen-bond donors (Lipinski definition) is 1. The van der Waals surface area contributed by atoms with Gasteiger partial charge in [-0.25, -0.2) is 4.68 Å².